The van der Waals surface area contributed by atoms with Crippen LogP contribution in [0.4, 0.5) is 18.9 Å². The number of carbonyl (C=O) groups is 1. The van der Waals surface area contributed by atoms with Crippen LogP contribution in [0.25, 0.3) is 0 Å². The summed E-state index contributed by atoms with van der Waals surface area (Å²) in [6.07, 6.45) is 0.230. The fourth-order valence-electron chi connectivity index (χ4n) is 4.15. The first kappa shape index (κ1) is 21.7. The summed E-state index contributed by atoms with van der Waals surface area (Å²) in [6, 6.07) is 5.11. The molecule has 0 aromatic heterocycles. The van der Waals surface area contributed by atoms with E-state index in [2.05, 4.69) is 10.1 Å². The molecule has 10 heteroatoms. The molecule has 162 valence electrons. The van der Waals surface area contributed by atoms with Gasteiger partial charge in [-0.1, -0.05) is 31.4 Å². The number of nitrogens with one attached hydrogen (secondary N) is 1. The van der Waals surface area contributed by atoms with Crippen molar-refractivity contribution in [2.24, 2.45) is 0 Å². The van der Waals surface area contributed by atoms with Gasteiger partial charge in [-0.25, -0.2) is 8.42 Å². The molecule has 1 aromatic carbocycles. The Morgan fingerprint density at radius 3 is 2.41 bits per heavy atom. The number of anilines is 1. The first-order valence-electron chi connectivity index (χ1n) is 9.75. The zero-order chi connectivity index (χ0) is 21.1. The standard InChI is InChI=1S/C19H25F3N2O4S/c20-19(21,22)28-17-9-5-4-8-16(17)23-12-18(25)24(14-6-2-1-3-7-14)15-10-11-29(26,27)13-15/h4-5,8-9,14-15,23H,1-3,6-7,10-13H2/t15-/m0/s1. The van der Waals surface area contributed by atoms with Gasteiger partial charge in [0.25, 0.3) is 0 Å². The highest BCUT2D eigenvalue weighted by molar-refractivity contribution is 7.91. The van der Waals surface area contributed by atoms with Gasteiger partial charge in [0.1, 0.15) is 0 Å². The van der Waals surface area contributed by atoms with Crippen LogP contribution in [0.5, 0.6) is 5.75 Å². The second-order valence-corrected chi connectivity index (χ2v) is 9.78. The van der Waals surface area contributed by atoms with E-state index in [1.54, 1.807) is 11.0 Å². The second-order valence-electron chi connectivity index (χ2n) is 7.55. The van der Waals surface area contributed by atoms with Gasteiger partial charge in [-0.3, -0.25) is 4.79 Å². The predicted molar refractivity (Wildman–Crippen MR) is 102 cm³/mol. The molecule has 0 unspecified atom stereocenters. The van der Waals surface area contributed by atoms with Crippen LogP contribution in [0.15, 0.2) is 24.3 Å². The van der Waals surface area contributed by atoms with Gasteiger partial charge in [0.2, 0.25) is 5.91 Å². The molecule has 29 heavy (non-hydrogen) atoms. The fraction of sp³-hybridized carbons (Fsp3) is 0.632. The van der Waals surface area contributed by atoms with E-state index >= 15 is 0 Å². The molecule has 1 heterocycles. The maximum atomic E-state index is 13.0. The van der Waals surface area contributed by atoms with Crippen LogP contribution < -0.4 is 10.1 Å². The van der Waals surface area contributed by atoms with Crippen LogP contribution >= 0.6 is 0 Å². The van der Waals surface area contributed by atoms with Crippen LogP contribution in [0.2, 0.25) is 0 Å². The highest BCUT2D eigenvalue weighted by Crippen LogP contribution is 2.31. The summed E-state index contributed by atoms with van der Waals surface area (Å²) in [7, 11) is -3.17. The van der Waals surface area contributed by atoms with Crippen LogP contribution in [-0.4, -0.2) is 55.7 Å². The summed E-state index contributed by atoms with van der Waals surface area (Å²) in [5, 5.41) is 2.73. The van der Waals surface area contributed by atoms with Crippen molar-refractivity contribution in [3.63, 3.8) is 0 Å². The first-order valence-corrected chi connectivity index (χ1v) is 11.6. The minimum Gasteiger partial charge on any atom is -0.404 e. The number of halogens is 3. The van der Waals surface area contributed by atoms with Gasteiger partial charge >= 0.3 is 6.36 Å². The van der Waals surface area contributed by atoms with Crippen molar-refractivity contribution < 1.29 is 31.1 Å². The Bertz CT molecular complexity index is 823. The molecule has 1 N–H and O–H groups in total. The van der Waals surface area contributed by atoms with E-state index in [9.17, 15) is 26.4 Å². The molecular formula is C19H25F3N2O4S. The van der Waals surface area contributed by atoms with E-state index in [4.69, 9.17) is 0 Å². The van der Waals surface area contributed by atoms with Crippen molar-refractivity contribution in [1.82, 2.24) is 4.90 Å². The Labute approximate surface area is 168 Å². The molecule has 3 rings (SSSR count). The van der Waals surface area contributed by atoms with E-state index in [0.29, 0.717) is 6.42 Å². The van der Waals surface area contributed by atoms with Gasteiger partial charge in [-0.05, 0) is 31.4 Å². The Morgan fingerprint density at radius 2 is 1.79 bits per heavy atom. The summed E-state index contributed by atoms with van der Waals surface area (Å²) in [5.74, 6) is -0.714. The Balaban J connectivity index is 1.72. The largest absolute Gasteiger partial charge is 0.573 e. The van der Waals surface area contributed by atoms with E-state index in [1.165, 1.54) is 18.2 Å². The van der Waals surface area contributed by atoms with Crippen LogP contribution in [0.3, 0.4) is 0 Å². The van der Waals surface area contributed by atoms with E-state index in [0.717, 1.165) is 32.1 Å². The minimum absolute atomic E-state index is 0.0296. The number of ether oxygens (including phenoxy) is 1. The van der Waals surface area contributed by atoms with Crippen molar-refractivity contribution in [3.8, 4) is 5.75 Å². The highest BCUT2D eigenvalue weighted by Gasteiger charge is 2.38. The molecule has 0 radical (unpaired) electrons. The maximum absolute atomic E-state index is 13.0. The van der Waals surface area contributed by atoms with Gasteiger partial charge in [0.15, 0.2) is 15.6 Å². The lowest BCUT2D eigenvalue weighted by Gasteiger charge is -2.38. The molecule has 2 aliphatic rings. The second kappa shape index (κ2) is 8.81. The topological polar surface area (TPSA) is 75.7 Å². The number of sulfone groups is 1. The normalized spacial score (nSPS) is 22.2. The number of hydrogen-bond donors (Lipinski definition) is 1. The molecule has 1 saturated heterocycles. The number of benzene rings is 1. The van der Waals surface area contributed by atoms with Crippen LogP contribution in [0.1, 0.15) is 38.5 Å². The average Bonchev–Trinajstić information content (AvgIpc) is 3.00. The summed E-state index contributed by atoms with van der Waals surface area (Å²) in [4.78, 5) is 14.7. The van der Waals surface area contributed by atoms with Crippen molar-refractivity contribution in [3.05, 3.63) is 24.3 Å². The molecule has 1 aromatic rings. The third-order valence-corrected chi connectivity index (χ3v) is 7.15. The van der Waals surface area contributed by atoms with Gasteiger partial charge in [0, 0.05) is 12.1 Å². The number of nitrogens with zero attached hydrogens (tertiary/aromatic N) is 1. The van der Waals surface area contributed by atoms with Crippen molar-refractivity contribution in [1.29, 1.82) is 0 Å². The zero-order valence-electron chi connectivity index (χ0n) is 16.0. The molecule has 1 aliphatic carbocycles. The predicted octanol–water partition coefficient (Wildman–Crippen LogP) is 3.35. The van der Waals surface area contributed by atoms with Crippen molar-refractivity contribution in [2.75, 3.05) is 23.4 Å². The third-order valence-electron chi connectivity index (χ3n) is 5.40. The van der Waals surface area contributed by atoms with E-state index in [1.807, 2.05) is 0 Å². The summed E-state index contributed by atoms with van der Waals surface area (Å²) < 4.78 is 65.6. The average molecular weight is 434 g/mol. The first-order chi connectivity index (χ1) is 13.6. The number of hydrogen-bond acceptors (Lipinski definition) is 5. The SMILES string of the molecule is O=C(CNc1ccccc1OC(F)(F)F)N(C1CCCCC1)[C@H]1CCS(=O)(=O)C1. The van der Waals surface area contributed by atoms with Gasteiger partial charge < -0.3 is 15.0 Å². The van der Waals surface area contributed by atoms with E-state index in [-0.39, 0.29) is 41.7 Å². The number of alkyl halides is 3. The number of carbonyl (C=O) groups excluding carboxylic acids is 1. The highest BCUT2D eigenvalue weighted by atomic mass is 32.2. The van der Waals surface area contributed by atoms with Crippen LogP contribution in [0, 0.1) is 0 Å². The Kier molecular flexibility index (Phi) is 6.60. The molecule has 6 nitrogen and oxygen atoms in total. The molecule has 0 bridgehead atoms. The quantitative estimate of drug-likeness (QED) is 0.743. The summed E-state index contributed by atoms with van der Waals surface area (Å²) >= 11 is 0. The van der Waals surface area contributed by atoms with Crippen molar-refractivity contribution in [2.45, 2.75) is 57.0 Å². The third kappa shape index (κ3) is 6.01. The molecule has 0 spiro atoms. The smallest absolute Gasteiger partial charge is 0.404 e. The lowest BCUT2D eigenvalue weighted by molar-refractivity contribution is -0.274. The Morgan fingerprint density at radius 1 is 1.10 bits per heavy atom. The lowest BCUT2D eigenvalue weighted by Crippen LogP contribution is -2.50. The van der Waals surface area contributed by atoms with Crippen LogP contribution in [-0.2, 0) is 14.6 Å². The van der Waals surface area contributed by atoms with Crippen molar-refractivity contribution >= 4 is 21.4 Å². The molecule has 1 atom stereocenters. The molecule has 1 saturated carbocycles. The van der Waals surface area contributed by atoms with E-state index < -0.39 is 21.9 Å². The lowest BCUT2D eigenvalue weighted by atomic mass is 9.93. The van der Waals surface area contributed by atoms with Gasteiger partial charge in [-0.2, -0.15) is 0 Å². The maximum Gasteiger partial charge on any atom is 0.573 e. The fourth-order valence-corrected chi connectivity index (χ4v) is 5.86. The van der Waals surface area contributed by atoms with Gasteiger partial charge in [0.05, 0.1) is 23.7 Å². The summed E-state index contributed by atoms with van der Waals surface area (Å²) in [5.41, 5.74) is 0.0563. The molecule has 1 aliphatic heterocycles. The van der Waals surface area contributed by atoms with Gasteiger partial charge in [-0.15, -0.1) is 13.2 Å². The zero-order valence-corrected chi connectivity index (χ0v) is 16.8. The molecular weight excluding hydrogens is 409 g/mol. The number of amides is 1. The Hall–Kier alpha value is -1.97. The number of rotatable bonds is 6. The number of para-hydroxylation sites is 2. The molecule has 1 amide bonds. The molecule has 2 fully saturated rings. The minimum atomic E-state index is -4.84. The monoisotopic (exact) mass is 434 g/mol. The summed E-state index contributed by atoms with van der Waals surface area (Å²) in [6.45, 7) is -0.231.